The molecule has 2 aliphatic rings. The zero-order valence-electron chi connectivity index (χ0n) is 18.5. The van der Waals surface area contributed by atoms with E-state index in [1.165, 1.54) is 22.2 Å². The molecule has 0 bridgehead atoms. The predicted octanol–water partition coefficient (Wildman–Crippen LogP) is 3.95. The first kappa shape index (κ1) is 22.3. The van der Waals surface area contributed by atoms with Gasteiger partial charge in [-0.25, -0.2) is 9.97 Å². The van der Waals surface area contributed by atoms with Gasteiger partial charge in [0.1, 0.15) is 17.0 Å². The number of hydrogen-bond acceptors (Lipinski definition) is 8. The SMILES string of the molecule is CN(CCCCO)C(=O)C1CCc2c(sc3ncnc(Nc4ccc5c(c4)SC(=O)C5)c23)C1. The monoisotopic (exact) mass is 482 g/mol. The van der Waals surface area contributed by atoms with Crippen molar-refractivity contribution in [3.8, 4) is 0 Å². The van der Waals surface area contributed by atoms with E-state index >= 15 is 0 Å². The molecular formula is C24H26N4O3S2. The van der Waals surface area contributed by atoms with Crippen LogP contribution >= 0.6 is 23.1 Å². The molecule has 3 aromatic rings. The van der Waals surface area contributed by atoms with E-state index in [0.29, 0.717) is 13.0 Å². The van der Waals surface area contributed by atoms with Crippen LogP contribution < -0.4 is 5.32 Å². The Kier molecular flexibility index (Phi) is 6.36. The first-order chi connectivity index (χ1) is 16.0. The number of thioether (sulfide) groups is 1. The number of benzene rings is 1. The van der Waals surface area contributed by atoms with Crippen molar-refractivity contribution in [1.82, 2.24) is 14.9 Å². The number of carbonyl (C=O) groups is 2. The Morgan fingerprint density at radius 3 is 3.03 bits per heavy atom. The second-order valence-electron chi connectivity index (χ2n) is 8.63. The van der Waals surface area contributed by atoms with Gasteiger partial charge in [0.2, 0.25) is 5.91 Å². The lowest BCUT2D eigenvalue weighted by atomic mass is 9.87. The summed E-state index contributed by atoms with van der Waals surface area (Å²) < 4.78 is 0. The van der Waals surface area contributed by atoms with E-state index in [9.17, 15) is 9.59 Å². The molecule has 33 heavy (non-hydrogen) atoms. The summed E-state index contributed by atoms with van der Waals surface area (Å²) in [6.07, 6.45) is 5.98. The number of thiophene rings is 1. The number of aromatic nitrogens is 2. The Hall–Kier alpha value is -2.49. The summed E-state index contributed by atoms with van der Waals surface area (Å²) in [5, 5.41) is 13.7. The number of nitrogens with zero attached hydrogens (tertiary/aromatic N) is 3. The molecule has 2 aromatic heterocycles. The molecule has 1 aromatic carbocycles. The largest absolute Gasteiger partial charge is 0.396 e. The third kappa shape index (κ3) is 4.49. The van der Waals surface area contributed by atoms with Crippen molar-refractivity contribution in [2.24, 2.45) is 5.92 Å². The Balaban J connectivity index is 1.36. The second-order valence-corrected chi connectivity index (χ2v) is 10.8. The molecule has 0 spiro atoms. The van der Waals surface area contributed by atoms with Crippen molar-refractivity contribution in [2.75, 3.05) is 25.5 Å². The third-order valence-electron chi connectivity index (χ3n) is 6.36. The van der Waals surface area contributed by atoms with E-state index in [0.717, 1.165) is 64.3 Å². The lowest BCUT2D eigenvalue weighted by molar-refractivity contribution is -0.134. The highest BCUT2D eigenvalue weighted by molar-refractivity contribution is 8.14. The average Bonchev–Trinajstić information content (AvgIpc) is 3.37. The minimum Gasteiger partial charge on any atom is -0.396 e. The molecule has 0 saturated carbocycles. The van der Waals surface area contributed by atoms with Gasteiger partial charge >= 0.3 is 0 Å². The third-order valence-corrected chi connectivity index (χ3v) is 8.50. The molecule has 1 aliphatic heterocycles. The fourth-order valence-corrected chi connectivity index (χ4v) is 6.82. The average molecular weight is 483 g/mol. The normalized spacial score (nSPS) is 17.2. The molecular weight excluding hydrogens is 456 g/mol. The summed E-state index contributed by atoms with van der Waals surface area (Å²) >= 11 is 2.95. The molecule has 0 fully saturated rings. The van der Waals surface area contributed by atoms with Crippen LogP contribution in [-0.4, -0.2) is 51.2 Å². The Bertz CT molecular complexity index is 1230. The zero-order chi connectivity index (χ0) is 22.9. The molecule has 1 atom stereocenters. The van der Waals surface area contributed by atoms with Gasteiger partial charge in [-0.3, -0.25) is 9.59 Å². The number of aryl methyl sites for hydroxylation is 1. The van der Waals surface area contributed by atoms with Gasteiger partial charge in [-0.05, 0) is 55.4 Å². The molecule has 1 amide bonds. The molecule has 1 unspecified atom stereocenters. The summed E-state index contributed by atoms with van der Waals surface area (Å²) in [5.74, 6) is 0.948. The van der Waals surface area contributed by atoms with Crippen molar-refractivity contribution in [1.29, 1.82) is 0 Å². The molecule has 0 saturated heterocycles. The van der Waals surface area contributed by atoms with Crippen molar-refractivity contribution in [3.63, 3.8) is 0 Å². The van der Waals surface area contributed by atoms with Gasteiger partial charge in [0.15, 0.2) is 5.12 Å². The quantitative estimate of drug-likeness (QED) is 0.493. The number of aliphatic hydroxyl groups excluding tert-OH is 1. The molecule has 3 heterocycles. The molecule has 5 rings (SSSR count). The van der Waals surface area contributed by atoms with Crippen molar-refractivity contribution in [3.05, 3.63) is 40.5 Å². The van der Waals surface area contributed by atoms with Crippen LogP contribution in [0.3, 0.4) is 0 Å². The lowest BCUT2D eigenvalue weighted by Crippen LogP contribution is -2.36. The van der Waals surface area contributed by atoms with Crippen LogP contribution in [0.25, 0.3) is 10.2 Å². The molecule has 0 radical (unpaired) electrons. The van der Waals surface area contributed by atoms with Gasteiger partial charge in [-0.15, -0.1) is 11.3 Å². The van der Waals surface area contributed by atoms with E-state index in [-0.39, 0.29) is 23.5 Å². The van der Waals surface area contributed by atoms with E-state index in [1.807, 2.05) is 30.1 Å². The number of amides is 1. The second kappa shape index (κ2) is 9.40. The Morgan fingerprint density at radius 2 is 2.18 bits per heavy atom. The number of hydrogen-bond donors (Lipinski definition) is 2. The number of aliphatic hydroxyl groups is 1. The maximum atomic E-state index is 12.9. The van der Waals surface area contributed by atoms with E-state index < -0.39 is 0 Å². The van der Waals surface area contributed by atoms with E-state index in [1.54, 1.807) is 17.7 Å². The van der Waals surface area contributed by atoms with Crippen LogP contribution in [0.15, 0.2) is 29.4 Å². The van der Waals surface area contributed by atoms with Crippen LogP contribution in [0.5, 0.6) is 0 Å². The fourth-order valence-electron chi connectivity index (χ4n) is 4.62. The van der Waals surface area contributed by atoms with Gasteiger partial charge in [0.05, 0.1) is 5.39 Å². The van der Waals surface area contributed by atoms with Crippen LogP contribution in [0.1, 0.15) is 35.3 Å². The van der Waals surface area contributed by atoms with E-state index in [4.69, 9.17) is 5.11 Å². The van der Waals surface area contributed by atoms with Crippen molar-refractivity contribution < 1.29 is 14.7 Å². The number of unbranched alkanes of at least 4 members (excludes halogenated alkanes) is 1. The summed E-state index contributed by atoms with van der Waals surface area (Å²) in [7, 11) is 1.86. The van der Waals surface area contributed by atoms with Crippen LogP contribution in [0.2, 0.25) is 0 Å². The maximum Gasteiger partial charge on any atom is 0.225 e. The molecule has 7 nitrogen and oxygen atoms in total. The Labute approximate surface area is 200 Å². The number of fused-ring (bicyclic) bond motifs is 4. The molecule has 2 N–H and O–H groups in total. The molecule has 9 heteroatoms. The van der Waals surface area contributed by atoms with Crippen LogP contribution in [0, 0.1) is 5.92 Å². The molecule has 1 aliphatic carbocycles. The molecule has 172 valence electrons. The summed E-state index contributed by atoms with van der Waals surface area (Å²) in [6.45, 7) is 0.843. The highest BCUT2D eigenvalue weighted by atomic mass is 32.2. The van der Waals surface area contributed by atoms with Crippen molar-refractivity contribution in [2.45, 2.75) is 43.4 Å². The number of nitrogens with one attached hydrogen (secondary N) is 1. The zero-order valence-corrected chi connectivity index (χ0v) is 20.1. The first-order valence-corrected chi connectivity index (χ1v) is 12.9. The Morgan fingerprint density at radius 1 is 1.30 bits per heavy atom. The number of rotatable bonds is 7. The van der Waals surface area contributed by atoms with Gasteiger partial charge in [0.25, 0.3) is 0 Å². The number of carbonyl (C=O) groups excluding carboxylic acids is 2. The maximum absolute atomic E-state index is 12.9. The summed E-state index contributed by atoms with van der Waals surface area (Å²) in [6, 6.07) is 6.01. The highest BCUT2D eigenvalue weighted by Gasteiger charge is 2.30. The summed E-state index contributed by atoms with van der Waals surface area (Å²) in [4.78, 5) is 38.7. The van der Waals surface area contributed by atoms with Crippen LogP contribution in [-0.2, 0) is 28.9 Å². The standard InChI is InChI=1S/C24H26N4O3S2/c1-28(8-2-3-9-29)24(31)15-5-7-17-19(10-15)33-23-21(17)22(25-13-26-23)27-16-6-4-14-11-20(30)32-18(14)12-16/h4,6,12-13,15,29H,2-3,5,7-11H2,1H3,(H,25,26,27). The minimum atomic E-state index is -0.0136. The predicted molar refractivity (Wildman–Crippen MR) is 131 cm³/mol. The number of anilines is 2. The smallest absolute Gasteiger partial charge is 0.225 e. The highest BCUT2D eigenvalue weighted by Crippen LogP contribution is 2.41. The van der Waals surface area contributed by atoms with E-state index in [2.05, 4.69) is 15.3 Å². The van der Waals surface area contributed by atoms with Crippen molar-refractivity contribution >= 4 is 55.8 Å². The van der Waals surface area contributed by atoms with Crippen LogP contribution in [0.4, 0.5) is 11.5 Å². The van der Waals surface area contributed by atoms with Gasteiger partial charge in [-0.2, -0.15) is 0 Å². The fraction of sp³-hybridized carbons (Fsp3) is 0.417. The van der Waals surface area contributed by atoms with Gasteiger partial charge < -0.3 is 15.3 Å². The lowest BCUT2D eigenvalue weighted by Gasteiger charge is -2.26. The summed E-state index contributed by atoms with van der Waals surface area (Å²) in [5.41, 5.74) is 3.23. The first-order valence-electron chi connectivity index (χ1n) is 11.2. The van der Waals surface area contributed by atoms with Gasteiger partial charge in [0, 0.05) is 48.0 Å². The minimum absolute atomic E-state index is 0.0136. The topological polar surface area (TPSA) is 95.4 Å². The van der Waals surface area contributed by atoms with Gasteiger partial charge in [-0.1, -0.05) is 17.8 Å².